The predicted molar refractivity (Wildman–Crippen MR) is 83.7 cm³/mol. The molecule has 22 heavy (non-hydrogen) atoms. The zero-order chi connectivity index (χ0) is 15.1. The highest BCUT2D eigenvalue weighted by Gasteiger charge is 2.37. The molecule has 0 saturated carbocycles. The molecule has 1 N–H and O–H groups in total. The molecule has 0 radical (unpaired) electrons. The lowest BCUT2D eigenvalue weighted by Gasteiger charge is -2.31. The maximum Gasteiger partial charge on any atom is 0.227 e. The summed E-state index contributed by atoms with van der Waals surface area (Å²) in [5.74, 6) is 0.865. The summed E-state index contributed by atoms with van der Waals surface area (Å²) in [6.45, 7) is 0. The molecule has 3 heterocycles. The number of hydrogen-bond acceptors (Lipinski definition) is 6. The second-order valence-electron chi connectivity index (χ2n) is 5.32. The van der Waals surface area contributed by atoms with Gasteiger partial charge in [0.15, 0.2) is 5.78 Å². The lowest BCUT2D eigenvalue weighted by molar-refractivity contribution is -0.116. The Labute approximate surface area is 132 Å². The second kappa shape index (κ2) is 5.24. The van der Waals surface area contributed by atoms with E-state index in [2.05, 4.69) is 20.4 Å². The number of allylic oxidation sites excluding steroid dienone is 2. The molecule has 1 aliphatic carbocycles. The minimum Gasteiger partial charge on any atom is -0.328 e. The summed E-state index contributed by atoms with van der Waals surface area (Å²) in [6, 6.07) is 5.46. The monoisotopic (exact) mass is 313 g/mol. The Balaban J connectivity index is 1.92. The average Bonchev–Trinajstić information content (AvgIpc) is 2.96. The van der Waals surface area contributed by atoms with Gasteiger partial charge in [0.2, 0.25) is 11.1 Å². The van der Waals surface area contributed by atoms with Gasteiger partial charge in [-0.15, -0.1) is 5.10 Å². The lowest BCUT2D eigenvalue weighted by Crippen LogP contribution is -2.32. The second-order valence-corrected chi connectivity index (χ2v) is 6.09. The molecule has 0 fully saturated rings. The average molecular weight is 313 g/mol. The van der Waals surface area contributed by atoms with Crippen LogP contribution in [0.2, 0.25) is 0 Å². The van der Waals surface area contributed by atoms with Gasteiger partial charge in [-0.1, -0.05) is 17.8 Å². The minimum absolute atomic E-state index is 0.177. The van der Waals surface area contributed by atoms with Crippen LogP contribution >= 0.6 is 11.8 Å². The van der Waals surface area contributed by atoms with Gasteiger partial charge in [0.25, 0.3) is 0 Å². The molecule has 4 rings (SSSR count). The number of carbonyl (C=O) groups excluding carboxylic acids is 1. The Hall–Kier alpha value is -2.15. The molecule has 0 unspecified atom stereocenters. The van der Waals surface area contributed by atoms with Crippen molar-refractivity contribution in [3.8, 4) is 0 Å². The van der Waals surface area contributed by atoms with Crippen molar-refractivity contribution in [3.63, 3.8) is 0 Å². The third-order valence-electron chi connectivity index (χ3n) is 4.00. The van der Waals surface area contributed by atoms with Gasteiger partial charge in [0.1, 0.15) is 6.04 Å². The topological polar surface area (TPSA) is 72.7 Å². The Bertz CT molecular complexity index is 767. The standard InChI is InChI=1S/C15H15N5OS/c1-22-15-18-14-17-9-6-4-7-11(21)12(9)13(20(14)19-15)10-5-2-3-8-16-10/h2-3,5,8,13H,4,6-7H2,1H3,(H,17,18,19)/t13-/m1/s1. The number of carbonyl (C=O) groups is 1. The first-order valence-corrected chi connectivity index (χ1v) is 8.45. The summed E-state index contributed by atoms with van der Waals surface area (Å²) in [7, 11) is 0. The zero-order valence-electron chi connectivity index (χ0n) is 12.1. The molecule has 0 bridgehead atoms. The summed E-state index contributed by atoms with van der Waals surface area (Å²) in [4.78, 5) is 21.4. The van der Waals surface area contributed by atoms with E-state index in [0.29, 0.717) is 17.5 Å². The van der Waals surface area contributed by atoms with Crippen molar-refractivity contribution in [2.75, 3.05) is 11.6 Å². The quantitative estimate of drug-likeness (QED) is 0.858. The molecule has 6 nitrogen and oxygen atoms in total. The summed E-state index contributed by atoms with van der Waals surface area (Å²) in [5, 5.41) is 8.51. The normalized spacial score (nSPS) is 20.4. The Morgan fingerprint density at radius 3 is 3.05 bits per heavy atom. The number of nitrogens with zero attached hydrogens (tertiary/aromatic N) is 4. The highest BCUT2D eigenvalue weighted by Crippen LogP contribution is 2.39. The summed E-state index contributed by atoms with van der Waals surface area (Å²) < 4.78 is 1.79. The fourth-order valence-corrected chi connectivity index (χ4v) is 3.38. The van der Waals surface area contributed by atoms with Gasteiger partial charge in [-0.2, -0.15) is 4.98 Å². The third-order valence-corrected chi connectivity index (χ3v) is 4.54. The smallest absolute Gasteiger partial charge is 0.227 e. The molecule has 0 aromatic carbocycles. The van der Waals surface area contributed by atoms with Crippen molar-refractivity contribution in [1.82, 2.24) is 19.7 Å². The van der Waals surface area contributed by atoms with Crippen LogP contribution in [-0.2, 0) is 4.79 Å². The third kappa shape index (κ3) is 2.04. The van der Waals surface area contributed by atoms with Crippen LogP contribution < -0.4 is 5.32 Å². The summed E-state index contributed by atoms with van der Waals surface area (Å²) in [5.41, 5.74) is 2.58. The van der Waals surface area contributed by atoms with Crippen LogP contribution in [0.5, 0.6) is 0 Å². The fourth-order valence-electron chi connectivity index (χ4n) is 3.03. The van der Waals surface area contributed by atoms with Gasteiger partial charge >= 0.3 is 0 Å². The van der Waals surface area contributed by atoms with Crippen LogP contribution in [0.3, 0.4) is 0 Å². The first-order valence-electron chi connectivity index (χ1n) is 7.22. The summed E-state index contributed by atoms with van der Waals surface area (Å²) >= 11 is 1.49. The molecule has 2 aliphatic rings. The van der Waals surface area contributed by atoms with Gasteiger partial charge in [0.05, 0.1) is 5.69 Å². The van der Waals surface area contributed by atoms with Gasteiger partial charge in [-0.05, 0) is 31.2 Å². The number of hydrogen-bond donors (Lipinski definition) is 1. The van der Waals surface area contributed by atoms with Gasteiger partial charge in [-0.3, -0.25) is 9.78 Å². The van der Waals surface area contributed by atoms with Crippen molar-refractivity contribution in [2.24, 2.45) is 0 Å². The Morgan fingerprint density at radius 1 is 1.36 bits per heavy atom. The SMILES string of the molecule is CSc1nc2n(n1)[C@H](c1ccccn1)C1=C(CCCC1=O)N2. The Morgan fingerprint density at radius 2 is 2.27 bits per heavy atom. The fraction of sp³-hybridized carbons (Fsp3) is 0.333. The first-order chi connectivity index (χ1) is 10.8. The molecule has 2 aromatic rings. The van der Waals surface area contributed by atoms with Crippen LogP contribution in [-0.4, -0.2) is 31.8 Å². The predicted octanol–water partition coefficient (Wildman–Crippen LogP) is 2.42. The molecular weight excluding hydrogens is 298 g/mol. The molecule has 1 aliphatic heterocycles. The van der Waals surface area contributed by atoms with Gasteiger partial charge < -0.3 is 5.32 Å². The van der Waals surface area contributed by atoms with Crippen molar-refractivity contribution in [2.45, 2.75) is 30.5 Å². The number of pyridine rings is 1. The van der Waals surface area contributed by atoms with Crippen molar-refractivity contribution >= 4 is 23.5 Å². The lowest BCUT2D eigenvalue weighted by atomic mass is 9.87. The number of fused-ring (bicyclic) bond motifs is 1. The van der Waals surface area contributed by atoms with E-state index in [0.717, 1.165) is 29.8 Å². The van der Waals surface area contributed by atoms with E-state index in [1.807, 2.05) is 24.5 Å². The van der Waals surface area contributed by atoms with E-state index in [-0.39, 0.29) is 11.8 Å². The van der Waals surface area contributed by atoms with Gasteiger partial charge in [0, 0.05) is 23.9 Å². The van der Waals surface area contributed by atoms with Crippen molar-refractivity contribution in [1.29, 1.82) is 0 Å². The number of rotatable bonds is 2. The number of Topliss-reactive ketones (excluding diaryl/α,β-unsaturated/α-hetero) is 1. The van der Waals surface area contributed by atoms with Crippen LogP contribution in [0, 0.1) is 0 Å². The number of aromatic nitrogens is 4. The maximum absolute atomic E-state index is 12.5. The van der Waals surface area contributed by atoms with E-state index in [1.54, 1.807) is 10.9 Å². The summed E-state index contributed by atoms with van der Waals surface area (Å²) in [6.07, 6.45) is 6.02. The molecule has 1 atom stereocenters. The molecule has 0 saturated heterocycles. The molecule has 2 aromatic heterocycles. The van der Waals surface area contributed by atoms with Gasteiger partial charge in [-0.25, -0.2) is 4.68 Å². The molecule has 0 amide bonds. The van der Waals surface area contributed by atoms with E-state index in [4.69, 9.17) is 0 Å². The highest BCUT2D eigenvalue weighted by molar-refractivity contribution is 7.98. The molecule has 0 spiro atoms. The highest BCUT2D eigenvalue weighted by atomic mass is 32.2. The number of nitrogens with one attached hydrogen (secondary N) is 1. The van der Waals surface area contributed by atoms with E-state index < -0.39 is 0 Å². The van der Waals surface area contributed by atoms with Crippen molar-refractivity contribution < 1.29 is 4.79 Å². The van der Waals surface area contributed by atoms with Crippen molar-refractivity contribution in [3.05, 3.63) is 41.4 Å². The van der Waals surface area contributed by atoms with E-state index >= 15 is 0 Å². The number of anilines is 1. The largest absolute Gasteiger partial charge is 0.328 e. The minimum atomic E-state index is -0.284. The first kappa shape index (κ1) is 13.5. The number of thioether (sulfide) groups is 1. The molecular formula is C15H15N5OS. The van der Waals surface area contributed by atoms with E-state index in [9.17, 15) is 4.79 Å². The molecule has 7 heteroatoms. The van der Waals surface area contributed by atoms with Crippen LogP contribution in [0.1, 0.15) is 31.0 Å². The number of ketones is 1. The Kier molecular flexibility index (Phi) is 3.22. The van der Waals surface area contributed by atoms with E-state index in [1.165, 1.54) is 11.8 Å². The maximum atomic E-state index is 12.5. The molecule has 112 valence electrons. The van der Waals surface area contributed by atoms with Crippen LogP contribution in [0.25, 0.3) is 0 Å². The van der Waals surface area contributed by atoms with Crippen LogP contribution in [0.15, 0.2) is 40.8 Å². The van der Waals surface area contributed by atoms with Crippen LogP contribution in [0.4, 0.5) is 5.95 Å². The zero-order valence-corrected chi connectivity index (χ0v) is 12.9.